The smallest absolute Gasteiger partial charge is 0.137 e. The van der Waals surface area contributed by atoms with Gasteiger partial charge in [0.1, 0.15) is 11.7 Å². The zero-order valence-electron chi connectivity index (χ0n) is 9.28. The van der Waals surface area contributed by atoms with Gasteiger partial charge in [-0.05, 0) is 42.5 Å². The largest absolute Gasteiger partial charge is 0.384 e. The Kier molecular flexibility index (Phi) is 3.89. The molecule has 2 nitrogen and oxygen atoms in total. The Morgan fingerprint density at radius 2 is 1.83 bits per heavy atom. The van der Waals surface area contributed by atoms with E-state index in [0.29, 0.717) is 15.5 Å². The van der Waals surface area contributed by atoms with Gasteiger partial charge in [0, 0.05) is 20.4 Å². The lowest BCUT2D eigenvalue weighted by Crippen LogP contribution is -2.11. The van der Waals surface area contributed by atoms with Crippen molar-refractivity contribution < 1.29 is 4.39 Å². The van der Waals surface area contributed by atoms with Gasteiger partial charge >= 0.3 is 0 Å². The van der Waals surface area contributed by atoms with Crippen molar-refractivity contribution in [1.82, 2.24) is 0 Å². The number of nitrogen functional groups attached to an aromatic ring is 1. The molecule has 0 saturated carbocycles. The minimum Gasteiger partial charge on any atom is -0.384 e. The van der Waals surface area contributed by atoms with Gasteiger partial charge in [0.25, 0.3) is 0 Å². The van der Waals surface area contributed by atoms with Gasteiger partial charge in [0.15, 0.2) is 0 Å². The number of hydrogen-bond donors (Lipinski definition) is 2. The molecule has 92 valence electrons. The lowest BCUT2D eigenvalue weighted by Gasteiger charge is -2.05. The number of halogens is 2. The van der Waals surface area contributed by atoms with Crippen LogP contribution >= 0.6 is 23.4 Å². The predicted octanol–water partition coefficient (Wildman–Crippen LogP) is 3.91. The van der Waals surface area contributed by atoms with Gasteiger partial charge in [-0.25, -0.2) is 4.39 Å². The summed E-state index contributed by atoms with van der Waals surface area (Å²) in [5.41, 5.74) is 5.68. The highest BCUT2D eigenvalue weighted by molar-refractivity contribution is 7.99. The maximum atomic E-state index is 13.8. The summed E-state index contributed by atoms with van der Waals surface area (Å²) in [6.07, 6.45) is 0. The van der Waals surface area contributed by atoms with E-state index in [1.165, 1.54) is 17.8 Å². The van der Waals surface area contributed by atoms with Crippen molar-refractivity contribution in [3.8, 4) is 0 Å². The van der Waals surface area contributed by atoms with Crippen molar-refractivity contribution in [2.75, 3.05) is 0 Å². The molecule has 0 amide bonds. The molecule has 5 heteroatoms. The quantitative estimate of drug-likeness (QED) is 0.661. The third-order valence-electron chi connectivity index (χ3n) is 2.28. The van der Waals surface area contributed by atoms with Crippen LogP contribution in [0.25, 0.3) is 0 Å². The second-order valence-electron chi connectivity index (χ2n) is 3.61. The third kappa shape index (κ3) is 3.03. The first kappa shape index (κ1) is 12.9. The Morgan fingerprint density at radius 3 is 2.39 bits per heavy atom. The van der Waals surface area contributed by atoms with Crippen LogP contribution in [0, 0.1) is 11.2 Å². The Labute approximate surface area is 113 Å². The monoisotopic (exact) mass is 280 g/mol. The van der Waals surface area contributed by atoms with Crippen LogP contribution in [-0.2, 0) is 0 Å². The first-order chi connectivity index (χ1) is 8.56. The molecule has 2 aromatic carbocycles. The molecular formula is C13H10ClFN2S. The van der Waals surface area contributed by atoms with Crippen LogP contribution in [0.5, 0.6) is 0 Å². The van der Waals surface area contributed by atoms with Crippen LogP contribution < -0.4 is 5.73 Å². The van der Waals surface area contributed by atoms with Crippen molar-refractivity contribution in [2.45, 2.75) is 9.79 Å². The van der Waals surface area contributed by atoms with Gasteiger partial charge in [0.05, 0.1) is 0 Å². The molecule has 2 rings (SSSR count). The van der Waals surface area contributed by atoms with E-state index in [-0.39, 0.29) is 11.7 Å². The van der Waals surface area contributed by atoms with Gasteiger partial charge in [-0.2, -0.15) is 0 Å². The Bertz CT molecular complexity index is 584. The van der Waals surface area contributed by atoms with E-state index >= 15 is 0 Å². The van der Waals surface area contributed by atoms with Gasteiger partial charge in [0.2, 0.25) is 0 Å². The maximum absolute atomic E-state index is 13.8. The van der Waals surface area contributed by atoms with E-state index in [9.17, 15) is 4.39 Å². The summed E-state index contributed by atoms with van der Waals surface area (Å²) in [6.45, 7) is 0. The topological polar surface area (TPSA) is 49.9 Å². The van der Waals surface area contributed by atoms with E-state index in [2.05, 4.69) is 0 Å². The van der Waals surface area contributed by atoms with Crippen molar-refractivity contribution >= 4 is 29.2 Å². The lowest BCUT2D eigenvalue weighted by atomic mass is 10.2. The minimum absolute atomic E-state index is 0.142. The molecule has 0 radical (unpaired) electrons. The molecular weight excluding hydrogens is 271 g/mol. The molecule has 0 saturated heterocycles. The number of rotatable bonds is 3. The highest BCUT2D eigenvalue weighted by Crippen LogP contribution is 2.30. The summed E-state index contributed by atoms with van der Waals surface area (Å²) in [4.78, 5) is 1.39. The number of nitrogens with one attached hydrogen (secondary N) is 1. The molecule has 0 spiro atoms. The number of amidine groups is 1. The van der Waals surface area contributed by atoms with Gasteiger partial charge in [-0.1, -0.05) is 23.4 Å². The molecule has 0 aliphatic rings. The van der Waals surface area contributed by atoms with E-state index in [0.717, 1.165) is 4.90 Å². The highest BCUT2D eigenvalue weighted by Gasteiger charge is 2.07. The summed E-state index contributed by atoms with van der Waals surface area (Å²) in [5.74, 6) is -0.528. The van der Waals surface area contributed by atoms with Crippen LogP contribution in [0.1, 0.15) is 5.56 Å². The SMILES string of the molecule is N=C(N)c1ccc(Sc2ccc(Cl)cc2)c(F)c1. The standard InChI is InChI=1S/C13H10ClFN2S/c14-9-2-4-10(5-3-9)18-12-6-1-8(13(16)17)7-11(12)15/h1-7H,(H3,16,17). The van der Waals surface area contributed by atoms with Crippen LogP contribution in [0.15, 0.2) is 52.3 Å². The summed E-state index contributed by atoms with van der Waals surface area (Å²) >= 11 is 7.08. The summed E-state index contributed by atoms with van der Waals surface area (Å²) < 4.78 is 13.8. The molecule has 0 fully saturated rings. The normalized spacial score (nSPS) is 10.3. The molecule has 2 aromatic rings. The second-order valence-corrected chi connectivity index (χ2v) is 5.17. The van der Waals surface area contributed by atoms with Crippen molar-refractivity contribution in [1.29, 1.82) is 5.41 Å². The van der Waals surface area contributed by atoms with E-state index in [4.69, 9.17) is 22.7 Å². The average Bonchev–Trinajstić information content (AvgIpc) is 2.34. The molecule has 0 atom stereocenters. The van der Waals surface area contributed by atoms with Gasteiger partial charge in [-0.15, -0.1) is 0 Å². The minimum atomic E-state index is -0.386. The van der Waals surface area contributed by atoms with Crippen LogP contribution in [0.4, 0.5) is 4.39 Å². The fraction of sp³-hybridized carbons (Fsp3) is 0. The maximum Gasteiger partial charge on any atom is 0.137 e. The van der Waals surface area contributed by atoms with E-state index in [1.807, 2.05) is 12.1 Å². The first-order valence-corrected chi connectivity index (χ1v) is 6.33. The lowest BCUT2D eigenvalue weighted by molar-refractivity contribution is 0.601. The number of benzene rings is 2. The Morgan fingerprint density at radius 1 is 1.17 bits per heavy atom. The third-order valence-corrected chi connectivity index (χ3v) is 3.60. The Hall–Kier alpha value is -1.52. The van der Waals surface area contributed by atoms with Gasteiger partial charge < -0.3 is 5.73 Å². The van der Waals surface area contributed by atoms with Crippen LogP contribution in [-0.4, -0.2) is 5.84 Å². The van der Waals surface area contributed by atoms with E-state index < -0.39 is 0 Å². The van der Waals surface area contributed by atoms with Crippen molar-refractivity contribution in [3.05, 3.63) is 58.9 Å². The molecule has 0 heterocycles. The van der Waals surface area contributed by atoms with Gasteiger partial charge in [-0.3, -0.25) is 5.41 Å². The molecule has 0 aliphatic carbocycles. The molecule has 0 unspecified atom stereocenters. The predicted molar refractivity (Wildman–Crippen MR) is 73.0 cm³/mol. The highest BCUT2D eigenvalue weighted by atomic mass is 35.5. The summed E-state index contributed by atoms with van der Waals surface area (Å²) in [7, 11) is 0. The molecule has 0 aromatic heterocycles. The zero-order valence-corrected chi connectivity index (χ0v) is 10.9. The average molecular weight is 281 g/mol. The van der Waals surface area contributed by atoms with Crippen molar-refractivity contribution in [2.24, 2.45) is 5.73 Å². The second kappa shape index (κ2) is 5.42. The molecule has 3 N–H and O–H groups in total. The summed E-state index contributed by atoms with van der Waals surface area (Å²) in [6, 6.07) is 11.7. The zero-order chi connectivity index (χ0) is 13.1. The van der Waals surface area contributed by atoms with Crippen LogP contribution in [0.2, 0.25) is 5.02 Å². The Balaban J connectivity index is 2.24. The first-order valence-electron chi connectivity index (χ1n) is 5.13. The molecule has 18 heavy (non-hydrogen) atoms. The summed E-state index contributed by atoms with van der Waals surface area (Å²) in [5, 5.41) is 7.88. The van der Waals surface area contributed by atoms with Crippen LogP contribution in [0.3, 0.4) is 0 Å². The molecule has 0 bridgehead atoms. The van der Waals surface area contributed by atoms with E-state index in [1.54, 1.807) is 24.3 Å². The van der Waals surface area contributed by atoms with Crippen molar-refractivity contribution in [3.63, 3.8) is 0 Å². The fourth-order valence-corrected chi connectivity index (χ4v) is 2.33. The fourth-order valence-electron chi connectivity index (χ4n) is 1.38. The number of nitrogens with two attached hydrogens (primary N) is 1. The number of hydrogen-bond acceptors (Lipinski definition) is 2. The molecule has 0 aliphatic heterocycles.